The van der Waals surface area contributed by atoms with Gasteiger partial charge in [0.25, 0.3) is 5.56 Å². The topological polar surface area (TPSA) is 61.2 Å². The summed E-state index contributed by atoms with van der Waals surface area (Å²) in [6.45, 7) is 2.36. The van der Waals surface area contributed by atoms with Gasteiger partial charge in [0.15, 0.2) is 6.29 Å². The molecule has 0 spiro atoms. The molecule has 0 saturated heterocycles. The van der Waals surface area contributed by atoms with Gasteiger partial charge in [0.05, 0.1) is 29.1 Å². The molecule has 1 heterocycles. The zero-order valence-corrected chi connectivity index (χ0v) is 12.9. The molecule has 0 N–H and O–H groups in total. The van der Waals surface area contributed by atoms with Gasteiger partial charge in [-0.3, -0.25) is 14.2 Å². The summed E-state index contributed by atoms with van der Waals surface area (Å²) in [5.74, 6) is 0.920. The van der Waals surface area contributed by atoms with Crippen molar-refractivity contribution in [2.45, 2.75) is 13.5 Å². The molecule has 0 aliphatic rings. The van der Waals surface area contributed by atoms with Crippen LogP contribution in [0, 0.1) is 0 Å². The van der Waals surface area contributed by atoms with Crippen LogP contribution < -0.4 is 10.3 Å². The molecule has 0 aliphatic heterocycles. The van der Waals surface area contributed by atoms with Crippen LogP contribution in [-0.2, 0) is 6.54 Å². The van der Waals surface area contributed by atoms with Crippen molar-refractivity contribution in [1.29, 1.82) is 0 Å². The van der Waals surface area contributed by atoms with Crippen molar-refractivity contribution in [3.05, 3.63) is 58.4 Å². The molecule has 116 valence electrons. The van der Waals surface area contributed by atoms with Crippen LogP contribution in [0.1, 0.15) is 17.3 Å². The first-order valence-corrected chi connectivity index (χ1v) is 7.33. The molecule has 0 aliphatic carbocycles. The Kier molecular flexibility index (Phi) is 3.93. The Hall–Kier alpha value is -2.95. The van der Waals surface area contributed by atoms with Crippen LogP contribution in [0.3, 0.4) is 0 Å². The first kappa shape index (κ1) is 15.0. The van der Waals surface area contributed by atoms with Gasteiger partial charge in [-0.05, 0) is 31.2 Å². The SMILES string of the molecule is CCn1c(-c2cccc(C=O)c2OC)nc2ccccc2c1=O. The number of aldehydes is 1. The fourth-order valence-corrected chi connectivity index (χ4v) is 2.72. The van der Waals surface area contributed by atoms with E-state index in [1.807, 2.05) is 19.1 Å². The molecular formula is C18H16N2O3. The third kappa shape index (κ3) is 2.40. The lowest BCUT2D eigenvalue weighted by Crippen LogP contribution is -2.22. The van der Waals surface area contributed by atoms with E-state index in [1.54, 1.807) is 34.9 Å². The molecule has 0 atom stereocenters. The molecule has 3 aromatic rings. The maximum Gasteiger partial charge on any atom is 0.261 e. The summed E-state index contributed by atoms with van der Waals surface area (Å²) >= 11 is 0. The molecule has 0 saturated carbocycles. The number of ether oxygens (including phenoxy) is 1. The van der Waals surface area contributed by atoms with E-state index in [2.05, 4.69) is 4.98 Å². The number of para-hydroxylation sites is 2. The van der Waals surface area contributed by atoms with Gasteiger partial charge in [-0.2, -0.15) is 0 Å². The minimum absolute atomic E-state index is 0.105. The van der Waals surface area contributed by atoms with Gasteiger partial charge in [0.1, 0.15) is 11.6 Å². The van der Waals surface area contributed by atoms with E-state index in [0.29, 0.717) is 40.1 Å². The standard InChI is InChI=1S/C18H16N2O3/c1-3-20-17(14-9-6-7-12(11-21)16(14)23-2)19-15-10-5-4-8-13(15)18(20)22/h4-11H,3H2,1-2H3. The molecule has 0 radical (unpaired) electrons. The Morgan fingerprint density at radius 2 is 1.96 bits per heavy atom. The summed E-state index contributed by atoms with van der Waals surface area (Å²) in [5, 5.41) is 0.573. The fraction of sp³-hybridized carbons (Fsp3) is 0.167. The molecule has 5 heteroatoms. The minimum Gasteiger partial charge on any atom is -0.495 e. The monoisotopic (exact) mass is 308 g/mol. The van der Waals surface area contributed by atoms with Crippen LogP contribution in [-0.4, -0.2) is 22.9 Å². The Morgan fingerprint density at radius 1 is 1.17 bits per heavy atom. The van der Waals surface area contributed by atoms with Gasteiger partial charge in [-0.15, -0.1) is 0 Å². The molecule has 0 amide bonds. The Morgan fingerprint density at radius 3 is 2.65 bits per heavy atom. The first-order valence-electron chi connectivity index (χ1n) is 7.33. The number of methoxy groups -OCH3 is 1. The molecule has 1 aromatic heterocycles. The van der Waals surface area contributed by atoms with E-state index in [0.717, 1.165) is 6.29 Å². The average molecular weight is 308 g/mol. The highest BCUT2D eigenvalue weighted by atomic mass is 16.5. The second-order valence-electron chi connectivity index (χ2n) is 5.05. The predicted octanol–water partition coefficient (Wildman–Crippen LogP) is 2.90. The van der Waals surface area contributed by atoms with Crippen molar-refractivity contribution in [2.24, 2.45) is 0 Å². The van der Waals surface area contributed by atoms with E-state index < -0.39 is 0 Å². The number of carbonyl (C=O) groups excluding carboxylic acids is 1. The van der Waals surface area contributed by atoms with Gasteiger partial charge in [-0.25, -0.2) is 4.98 Å². The lowest BCUT2D eigenvalue weighted by atomic mass is 10.1. The van der Waals surface area contributed by atoms with Crippen LogP contribution in [0.15, 0.2) is 47.3 Å². The van der Waals surface area contributed by atoms with E-state index >= 15 is 0 Å². The van der Waals surface area contributed by atoms with Crippen molar-refractivity contribution >= 4 is 17.2 Å². The van der Waals surface area contributed by atoms with Gasteiger partial charge in [0.2, 0.25) is 0 Å². The number of rotatable bonds is 4. The number of nitrogens with zero attached hydrogens (tertiary/aromatic N) is 2. The number of benzene rings is 2. The minimum atomic E-state index is -0.105. The molecular weight excluding hydrogens is 292 g/mol. The molecule has 0 fully saturated rings. The summed E-state index contributed by atoms with van der Waals surface area (Å²) in [6, 6.07) is 12.4. The Bertz CT molecular complexity index is 945. The lowest BCUT2D eigenvalue weighted by Gasteiger charge is -2.15. The Balaban J connectivity index is 2.41. The molecule has 2 aromatic carbocycles. The number of carbonyl (C=O) groups is 1. The number of aromatic nitrogens is 2. The molecule has 0 bridgehead atoms. The maximum absolute atomic E-state index is 12.7. The molecule has 3 rings (SSSR count). The Labute approximate surface area is 133 Å². The van der Waals surface area contributed by atoms with Gasteiger partial charge < -0.3 is 4.74 Å². The highest BCUT2D eigenvalue weighted by Gasteiger charge is 2.17. The largest absolute Gasteiger partial charge is 0.495 e. The van der Waals surface area contributed by atoms with E-state index in [1.165, 1.54) is 7.11 Å². The lowest BCUT2D eigenvalue weighted by molar-refractivity contribution is 0.112. The predicted molar refractivity (Wildman–Crippen MR) is 89.1 cm³/mol. The summed E-state index contributed by atoms with van der Waals surface area (Å²) < 4.78 is 6.98. The third-order valence-electron chi connectivity index (χ3n) is 3.80. The van der Waals surface area contributed by atoms with Crippen molar-refractivity contribution in [2.75, 3.05) is 7.11 Å². The molecule has 5 nitrogen and oxygen atoms in total. The van der Waals surface area contributed by atoms with Crippen molar-refractivity contribution in [1.82, 2.24) is 9.55 Å². The van der Waals surface area contributed by atoms with Crippen LogP contribution in [0.4, 0.5) is 0 Å². The van der Waals surface area contributed by atoms with Crippen LogP contribution in [0.5, 0.6) is 5.75 Å². The molecule has 23 heavy (non-hydrogen) atoms. The van der Waals surface area contributed by atoms with Gasteiger partial charge >= 0.3 is 0 Å². The van der Waals surface area contributed by atoms with Crippen LogP contribution >= 0.6 is 0 Å². The number of fused-ring (bicyclic) bond motifs is 1. The zero-order chi connectivity index (χ0) is 16.4. The maximum atomic E-state index is 12.7. The number of hydrogen-bond acceptors (Lipinski definition) is 4. The quantitative estimate of drug-likeness (QED) is 0.695. The first-order chi connectivity index (χ1) is 11.2. The van der Waals surface area contributed by atoms with E-state index in [9.17, 15) is 9.59 Å². The summed E-state index contributed by atoms with van der Waals surface area (Å²) in [6.07, 6.45) is 0.734. The highest BCUT2D eigenvalue weighted by molar-refractivity contribution is 5.86. The van der Waals surface area contributed by atoms with Crippen LogP contribution in [0.25, 0.3) is 22.3 Å². The van der Waals surface area contributed by atoms with Crippen molar-refractivity contribution < 1.29 is 9.53 Å². The van der Waals surface area contributed by atoms with Crippen LogP contribution in [0.2, 0.25) is 0 Å². The van der Waals surface area contributed by atoms with Crippen molar-refractivity contribution in [3.63, 3.8) is 0 Å². The average Bonchev–Trinajstić information content (AvgIpc) is 2.60. The van der Waals surface area contributed by atoms with E-state index in [-0.39, 0.29) is 5.56 Å². The second-order valence-corrected chi connectivity index (χ2v) is 5.05. The smallest absolute Gasteiger partial charge is 0.261 e. The van der Waals surface area contributed by atoms with E-state index in [4.69, 9.17) is 4.74 Å². The summed E-state index contributed by atoms with van der Waals surface area (Å²) in [7, 11) is 1.50. The fourth-order valence-electron chi connectivity index (χ4n) is 2.72. The van der Waals surface area contributed by atoms with Crippen molar-refractivity contribution in [3.8, 4) is 17.1 Å². The van der Waals surface area contributed by atoms with Gasteiger partial charge in [-0.1, -0.05) is 18.2 Å². The number of hydrogen-bond donors (Lipinski definition) is 0. The third-order valence-corrected chi connectivity index (χ3v) is 3.80. The summed E-state index contributed by atoms with van der Waals surface area (Å²) in [4.78, 5) is 28.6. The van der Waals surface area contributed by atoms with Gasteiger partial charge in [0, 0.05) is 6.54 Å². The molecule has 0 unspecified atom stereocenters. The highest BCUT2D eigenvalue weighted by Crippen LogP contribution is 2.31. The second kappa shape index (κ2) is 6.04. The summed E-state index contributed by atoms with van der Waals surface area (Å²) in [5.41, 5.74) is 1.57. The zero-order valence-electron chi connectivity index (χ0n) is 12.9. The normalized spacial score (nSPS) is 10.7.